The molecule has 2 aliphatic rings. The molecule has 0 aliphatic carbocycles. The molecule has 1 amide bonds. The molecule has 2 heterocycles. The van der Waals surface area contributed by atoms with Crippen molar-refractivity contribution in [2.75, 3.05) is 58.7 Å². The van der Waals surface area contributed by atoms with Gasteiger partial charge in [0.05, 0.1) is 25.0 Å². The van der Waals surface area contributed by atoms with E-state index in [0.717, 1.165) is 25.7 Å². The monoisotopic (exact) mass is 447 g/mol. The Morgan fingerprint density at radius 2 is 2.03 bits per heavy atom. The van der Waals surface area contributed by atoms with Gasteiger partial charge in [-0.15, -0.1) is 0 Å². The van der Waals surface area contributed by atoms with E-state index in [9.17, 15) is 17.6 Å². The Bertz CT molecular complexity index is 833. The maximum atomic E-state index is 14.0. The van der Waals surface area contributed by atoms with Gasteiger partial charge < -0.3 is 9.64 Å². The normalized spacial score (nSPS) is 21.1. The van der Waals surface area contributed by atoms with Crippen LogP contribution in [0.4, 0.5) is 4.39 Å². The molecular formula is C19H27ClFN3O4S. The highest BCUT2D eigenvalue weighted by Gasteiger charge is 2.35. The van der Waals surface area contributed by atoms with E-state index in [4.69, 9.17) is 16.3 Å². The highest BCUT2D eigenvalue weighted by atomic mass is 35.5. The molecule has 0 radical (unpaired) electrons. The first-order valence-corrected chi connectivity index (χ1v) is 12.0. The van der Waals surface area contributed by atoms with Crippen molar-refractivity contribution in [2.24, 2.45) is 0 Å². The van der Waals surface area contributed by atoms with Crippen molar-refractivity contribution in [1.29, 1.82) is 0 Å². The van der Waals surface area contributed by atoms with Crippen LogP contribution in [0.2, 0.25) is 5.02 Å². The first-order chi connectivity index (χ1) is 13.8. The zero-order valence-corrected chi connectivity index (χ0v) is 18.1. The molecule has 0 N–H and O–H groups in total. The quantitative estimate of drug-likeness (QED) is 0.636. The van der Waals surface area contributed by atoms with Gasteiger partial charge in [-0.1, -0.05) is 11.6 Å². The van der Waals surface area contributed by atoms with Crippen molar-refractivity contribution in [2.45, 2.75) is 18.9 Å². The van der Waals surface area contributed by atoms with Crippen LogP contribution in [0.3, 0.4) is 0 Å². The first-order valence-electron chi connectivity index (χ1n) is 9.77. The Balaban J connectivity index is 1.61. The van der Waals surface area contributed by atoms with Crippen molar-refractivity contribution in [3.05, 3.63) is 34.6 Å². The van der Waals surface area contributed by atoms with Crippen LogP contribution in [0.15, 0.2) is 18.2 Å². The summed E-state index contributed by atoms with van der Waals surface area (Å²) in [4.78, 5) is 16.5. The van der Waals surface area contributed by atoms with Crippen molar-refractivity contribution in [3.8, 4) is 0 Å². The lowest BCUT2D eigenvalue weighted by Crippen LogP contribution is -2.44. The Kier molecular flexibility index (Phi) is 7.50. The molecule has 29 heavy (non-hydrogen) atoms. The maximum Gasteiger partial charge on any atom is 0.256 e. The van der Waals surface area contributed by atoms with E-state index in [0.29, 0.717) is 39.1 Å². The van der Waals surface area contributed by atoms with E-state index < -0.39 is 21.7 Å². The summed E-state index contributed by atoms with van der Waals surface area (Å²) in [7, 11) is -3.42. The summed E-state index contributed by atoms with van der Waals surface area (Å²) < 4.78 is 45.6. The van der Waals surface area contributed by atoms with Gasteiger partial charge in [0, 0.05) is 43.8 Å². The third kappa shape index (κ3) is 5.88. The molecular weight excluding hydrogens is 421 g/mol. The summed E-state index contributed by atoms with van der Waals surface area (Å²) in [5, 5.41) is 0.284. The number of sulfonamides is 1. The Morgan fingerprint density at radius 3 is 2.72 bits per heavy atom. The second-order valence-corrected chi connectivity index (χ2v) is 9.87. The molecule has 0 bridgehead atoms. The topological polar surface area (TPSA) is 70.2 Å². The minimum absolute atomic E-state index is 0.0867. The summed E-state index contributed by atoms with van der Waals surface area (Å²) in [6.07, 6.45) is 2.43. The van der Waals surface area contributed by atoms with Crippen molar-refractivity contribution in [1.82, 2.24) is 14.1 Å². The van der Waals surface area contributed by atoms with E-state index >= 15 is 0 Å². The van der Waals surface area contributed by atoms with Crippen LogP contribution in [0.5, 0.6) is 0 Å². The summed E-state index contributed by atoms with van der Waals surface area (Å²) in [5.41, 5.74) is -0.0867. The van der Waals surface area contributed by atoms with Crippen LogP contribution in [0.25, 0.3) is 0 Å². The molecule has 10 heteroatoms. The SMILES string of the molecule is CS(=O)(=O)N(CCCN1CCOCC1)[C@H]1CCN(C(=O)c2cc(Cl)ccc2F)C1. The smallest absolute Gasteiger partial charge is 0.256 e. The number of hydrogen-bond acceptors (Lipinski definition) is 5. The van der Waals surface area contributed by atoms with Gasteiger partial charge in [0.15, 0.2) is 0 Å². The molecule has 0 unspecified atom stereocenters. The average Bonchev–Trinajstić information content (AvgIpc) is 3.16. The lowest BCUT2D eigenvalue weighted by atomic mass is 10.2. The number of nitrogens with zero attached hydrogens (tertiary/aromatic N) is 3. The number of benzene rings is 1. The zero-order valence-electron chi connectivity index (χ0n) is 16.5. The minimum Gasteiger partial charge on any atom is -0.379 e. The van der Waals surface area contributed by atoms with E-state index in [1.165, 1.54) is 27.6 Å². The number of likely N-dealkylation sites (tertiary alicyclic amines) is 1. The molecule has 1 aromatic carbocycles. The molecule has 0 aromatic heterocycles. The molecule has 0 saturated carbocycles. The number of carbonyl (C=O) groups is 1. The molecule has 2 aliphatic heterocycles. The van der Waals surface area contributed by atoms with Gasteiger partial charge in [-0.25, -0.2) is 12.8 Å². The van der Waals surface area contributed by atoms with Crippen LogP contribution >= 0.6 is 11.6 Å². The summed E-state index contributed by atoms with van der Waals surface area (Å²) in [5.74, 6) is -1.09. The largest absolute Gasteiger partial charge is 0.379 e. The average molecular weight is 448 g/mol. The summed E-state index contributed by atoms with van der Waals surface area (Å²) >= 11 is 5.89. The first kappa shape index (κ1) is 22.4. The number of ether oxygens (including phenoxy) is 1. The van der Waals surface area contributed by atoms with Crippen LogP contribution < -0.4 is 0 Å². The molecule has 7 nitrogen and oxygen atoms in total. The number of hydrogen-bond donors (Lipinski definition) is 0. The fourth-order valence-corrected chi connectivity index (χ4v) is 5.23. The predicted octanol–water partition coefficient (Wildman–Crippen LogP) is 1.68. The van der Waals surface area contributed by atoms with E-state index in [1.807, 2.05) is 0 Å². The van der Waals surface area contributed by atoms with Gasteiger partial charge in [-0.2, -0.15) is 4.31 Å². The number of rotatable bonds is 7. The lowest BCUT2D eigenvalue weighted by molar-refractivity contribution is 0.0366. The molecule has 2 fully saturated rings. The fraction of sp³-hybridized carbons (Fsp3) is 0.632. The van der Waals surface area contributed by atoms with Gasteiger partial charge >= 0.3 is 0 Å². The molecule has 2 saturated heterocycles. The predicted molar refractivity (Wildman–Crippen MR) is 109 cm³/mol. The van der Waals surface area contributed by atoms with E-state index in [-0.39, 0.29) is 23.2 Å². The van der Waals surface area contributed by atoms with Gasteiger partial charge in [0.25, 0.3) is 5.91 Å². The highest BCUT2D eigenvalue weighted by molar-refractivity contribution is 7.88. The van der Waals surface area contributed by atoms with Crippen molar-refractivity contribution < 1.29 is 22.3 Å². The number of amides is 1. The second kappa shape index (κ2) is 9.70. The minimum atomic E-state index is -3.42. The Morgan fingerprint density at radius 1 is 1.31 bits per heavy atom. The van der Waals surface area contributed by atoms with Crippen LogP contribution in [0, 0.1) is 5.82 Å². The number of morpholine rings is 1. The van der Waals surface area contributed by atoms with Crippen LogP contribution in [-0.4, -0.2) is 93.2 Å². The summed E-state index contributed by atoms with van der Waals surface area (Å²) in [6, 6.07) is 3.56. The fourth-order valence-electron chi connectivity index (χ4n) is 3.89. The lowest BCUT2D eigenvalue weighted by Gasteiger charge is -2.30. The van der Waals surface area contributed by atoms with Gasteiger partial charge in [-0.3, -0.25) is 9.69 Å². The standard InChI is InChI=1S/C19H27ClFN3O4S/c1-29(26,27)24(7-2-6-22-9-11-28-12-10-22)16-5-8-23(14-16)19(25)17-13-15(20)3-4-18(17)21/h3-4,13,16H,2,5-12,14H2,1H3/t16-/m0/s1. The van der Waals surface area contributed by atoms with Gasteiger partial charge in [-0.05, 0) is 37.6 Å². The van der Waals surface area contributed by atoms with E-state index in [1.54, 1.807) is 0 Å². The van der Waals surface area contributed by atoms with Gasteiger partial charge in [0.1, 0.15) is 5.82 Å². The third-order valence-electron chi connectivity index (χ3n) is 5.40. The Hall–Kier alpha value is -1.26. The number of carbonyl (C=O) groups excluding carboxylic acids is 1. The number of halogens is 2. The van der Waals surface area contributed by atoms with Crippen LogP contribution in [-0.2, 0) is 14.8 Å². The molecule has 162 valence electrons. The van der Waals surface area contributed by atoms with Crippen molar-refractivity contribution >= 4 is 27.5 Å². The van der Waals surface area contributed by atoms with Crippen molar-refractivity contribution in [3.63, 3.8) is 0 Å². The van der Waals surface area contributed by atoms with E-state index in [2.05, 4.69) is 4.90 Å². The second-order valence-electron chi connectivity index (χ2n) is 7.50. The molecule has 1 atom stereocenters. The molecule has 1 aromatic rings. The molecule has 0 spiro atoms. The van der Waals surface area contributed by atoms with Gasteiger partial charge in [0.2, 0.25) is 10.0 Å². The summed E-state index contributed by atoms with van der Waals surface area (Å²) in [6.45, 7) is 4.95. The highest BCUT2D eigenvalue weighted by Crippen LogP contribution is 2.23. The zero-order chi connectivity index (χ0) is 21.0. The third-order valence-corrected chi connectivity index (χ3v) is 6.97. The van der Waals surface area contributed by atoms with Crippen LogP contribution in [0.1, 0.15) is 23.2 Å². The Labute approximate surface area is 176 Å². The maximum absolute atomic E-state index is 14.0. The molecule has 3 rings (SSSR count).